The highest BCUT2D eigenvalue weighted by Crippen LogP contribution is 2.38. The average molecular weight is 320 g/mol. The topological polar surface area (TPSA) is 81.9 Å². The van der Waals surface area contributed by atoms with Gasteiger partial charge in [0.1, 0.15) is 0 Å². The number of Topliss-reactive ketones (excluding diaryl/α,β-unsaturated/α-hetero) is 1. The minimum Gasteiger partial charge on any atom is -0.493 e. The molecule has 1 heterocycles. The van der Waals surface area contributed by atoms with Gasteiger partial charge in [-0.15, -0.1) is 0 Å². The van der Waals surface area contributed by atoms with Crippen molar-refractivity contribution in [3.8, 4) is 11.5 Å². The zero-order chi connectivity index (χ0) is 17.0. The predicted octanol–water partition coefficient (Wildman–Crippen LogP) is 2.29. The molecule has 0 radical (unpaired) electrons. The van der Waals surface area contributed by atoms with E-state index < -0.39 is 4.92 Å². The fraction of sp³-hybridized carbons (Fsp3) is 0.438. The Hall–Kier alpha value is -2.41. The molecule has 0 amide bonds. The summed E-state index contributed by atoms with van der Waals surface area (Å²) in [7, 11) is 2.77. The molecule has 1 saturated heterocycles. The second-order valence-corrected chi connectivity index (χ2v) is 5.24. The van der Waals surface area contributed by atoms with Gasteiger partial charge >= 0.3 is 5.69 Å². The van der Waals surface area contributed by atoms with Crippen LogP contribution in [0.15, 0.2) is 17.7 Å². The number of nitro benzene ring substituents is 1. The molecule has 0 spiro atoms. The molecular formula is C16H20N2O5. The summed E-state index contributed by atoms with van der Waals surface area (Å²) in [5.74, 6) is 0.418. The normalized spacial score (nSPS) is 17.3. The zero-order valence-electron chi connectivity index (χ0n) is 13.5. The number of piperidine rings is 1. The van der Waals surface area contributed by atoms with Crippen LogP contribution in [0.1, 0.15) is 18.9 Å². The van der Waals surface area contributed by atoms with Crippen molar-refractivity contribution in [2.45, 2.75) is 13.3 Å². The zero-order valence-corrected chi connectivity index (χ0v) is 13.5. The second-order valence-electron chi connectivity index (χ2n) is 5.24. The number of hydrogen-bond donors (Lipinski definition) is 0. The summed E-state index contributed by atoms with van der Waals surface area (Å²) in [6, 6.07) is 3.03. The molecule has 0 aliphatic carbocycles. The van der Waals surface area contributed by atoms with Crippen molar-refractivity contribution in [1.82, 2.24) is 4.90 Å². The van der Waals surface area contributed by atoms with Gasteiger partial charge in [-0.05, 0) is 24.3 Å². The number of ketones is 1. The van der Waals surface area contributed by atoms with Crippen LogP contribution >= 0.6 is 0 Å². The van der Waals surface area contributed by atoms with Crippen LogP contribution in [-0.2, 0) is 4.79 Å². The van der Waals surface area contributed by atoms with Gasteiger partial charge in [0.25, 0.3) is 0 Å². The predicted molar refractivity (Wildman–Crippen MR) is 85.9 cm³/mol. The fourth-order valence-electron chi connectivity index (χ4n) is 2.61. The number of methoxy groups -OCH3 is 2. The third-order valence-corrected chi connectivity index (χ3v) is 3.87. The molecule has 1 aromatic rings. The van der Waals surface area contributed by atoms with Gasteiger partial charge in [-0.1, -0.05) is 6.92 Å². The molecule has 2 rings (SSSR count). The average Bonchev–Trinajstić information content (AvgIpc) is 2.55. The summed E-state index contributed by atoms with van der Waals surface area (Å²) in [4.78, 5) is 24.9. The molecule has 124 valence electrons. The van der Waals surface area contributed by atoms with E-state index in [-0.39, 0.29) is 23.0 Å². The Labute approximate surface area is 134 Å². The first-order valence-corrected chi connectivity index (χ1v) is 7.36. The number of benzene rings is 1. The van der Waals surface area contributed by atoms with Crippen LogP contribution in [0.3, 0.4) is 0 Å². The highest BCUT2D eigenvalue weighted by molar-refractivity contribution is 6.00. The molecule has 1 fully saturated rings. The van der Waals surface area contributed by atoms with Crippen LogP contribution in [0.5, 0.6) is 11.5 Å². The summed E-state index contributed by atoms with van der Waals surface area (Å²) in [5.41, 5.74) is 1.02. The maximum absolute atomic E-state index is 12.1. The number of likely N-dealkylation sites (tertiary alicyclic amines) is 1. The van der Waals surface area contributed by atoms with Crippen molar-refractivity contribution in [3.63, 3.8) is 0 Å². The van der Waals surface area contributed by atoms with E-state index in [1.807, 2.05) is 6.92 Å². The van der Waals surface area contributed by atoms with Crippen molar-refractivity contribution in [1.29, 1.82) is 0 Å². The van der Waals surface area contributed by atoms with Gasteiger partial charge < -0.3 is 9.47 Å². The van der Waals surface area contributed by atoms with Crippen molar-refractivity contribution >= 4 is 17.5 Å². The number of nitrogens with zero attached hydrogens (tertiary/aromatic N) is 2. The van der Waals surface area contributed by atoms with Crippen LogP contribution in [0.4, 0.5) is 5.69 Å². The monoisotopic (exact) mass is 320 g/mol. The van der Waals surface area contributed by atoms with E-state index in [1.165, 1.54) is 20.3 Å². The molecule has 1 aliphatic heterocycles. The number of nitro groups is 1. The second kappa shape index (κ2) is 7.23. The van der Waals surface area contributed by atoms with E-state index in [4.69, 9.17) is 9.47 Å². The van der Waals surface area contributed by atoms with Gasteiger partial charge in [0, 0.05) is 31.1 Å². The van der Waals surface area contributed by atoms with Crippen molar-refractivity contribution in [2.75, 3.05) is 33.9 Å². The van der Waals surface area contributed by atoms with Crippen molar-refractivity contribution < 1.29 is 19.2 Å². The number of ether oxygens (including phenoxy) is 2. The molecule has 1 aliphatic rings. The lowest BCUT2D eigenvalue weighted by Crippen LogP contribution is -2.35. The Morgan fingerprint density at radius 1 is 1.35 bits per heavy atom. The lowest BCUT2D eigenvalue weighted by molar-refractivity contribution is -0.385. The Bertz CT molecular complexity index is 654. The number of likely N-dealkylation sites (N-methyl/N-ethyl adjacent to an activating group) is 1. The molecule has 0 bridgehead atoms. The SMILES string of the molecule is CCN1CCC(=O)/C(=C/c2cc(OC)c(OC)c([N+](=O)[O-])c2)C1. The Morgan fingerprint density at radius 2 is 2.09 bits per heavy atom. The number of rotatable bonds is 5. The van der Waals surface area contributed by atoms with Crippen LogP contribution < -0.4 is 9.47 Å². The van der Waals surface area contributed by atoms with Gasteiger partial charge in [-0.3, -0.25) is 19.8 Å². The molecule has 0 atom stereocenters. The quantitative estimate of drug-likeness (QED) is 0.470. The maximum Gasteiger partial charge on any atom is 0.315 e. The Kier molecular flexibility index (Phi) is 5.33. The third-order valence-electron chi connectivity index (χ3n) is 3.87. The molecule has 7 nitrogen and oxygen atoms in total. The number of carbonyl (C=O) groups excluding carboxylic acids is 1. The summed E-state index contributed by atoms with van der Waals surface area (Å²) in [5, 5.41) is 11.2. The highest BCUT2D eigenvalue weighted by Gasteiger charge is 2.23. The molecule has 1 aromatic carbocycles. The van der Waals surface area contributed by atoms with Gasteiger partial charge in [0.2, 0.25) is 5.75 Å². The lowest BCUT2D eigenvalue weighted by Gasteiger charge is -2.26. The minimum absolute atomic E-state index is 0.0739. The standard InChI is InChI=1S/C16H20N2O5/c1-4-17-6-5-14(19)12(10-17)7-11-8-13(18(20)21)16(23-3)15(9-11)22-2/h7-9H,4-6,10H2,1-3H3/b12-7+. The van der Waals surface area contributed by atoms with Crippen LogP contribution in [0.25, 0.3) is 6.08 Å². The van der Waals surface area contributed by atoms with E-state index in [2.05, 4.69) is 4.90 Å². The summed E-state index contributed by atoms with van der Waals surface area (Å²) >= 11 is 0. The highest BCUT2D eigenvalue weighted by atomic mass is 16.6. The molecular weight excluding hydrogens is 300 g/mol. The smallest absolute Gasteiger partial charge is 0.315 e. The summed E-state index contributed by atoms with van der Waals surface area (Å²) in [6.45, 7) is 4.20. The minimum atomic E-state index is -0.523. The van der Waals surface area contributed by atoms with Gasteiger partial charge in [0.05, 0.1) is 19.1 Å². The Morgan fingerprint density at radius 3 is 2.65 bits per heavy atom. The molecule has 7 heteroatoms. The van der Waals surface area contributed by atoms with Crippen molar-refractivity contribution in [3.05, 3.63) is 33.4 Å². The lowest BCUT2D eigenvalue weighted by atomic mass is 10.00. The van der Waals surface area contributed by atoms with Crippen LogP contribution in [0.2, 0.25) is 0 Å². The summed E-state index contributed by atoms with van der Waals surface area (Å²) in [6.07, 6.45) is 2.16. The van der Waals surface area contributed by atoms with Gasteiger partial charge in [-0.25, -0.2) is 0 Å². The van der Waals surface area contributed by atoms with E-state index in [1.54, 1.807) is 12.1 Å². The number of hydrogen-bond acceptors (Lipinski definition) is 6. The molecule has 23 heavy (non-hydrogen) atoms. The first-order valence-electron chi connectivity index (χ1n) is 7.36. The van der Waals surface area contributed by atoms with Gasteiger partial charge in [-0.2, -0.15) is 0 Å². The number of carbonyl (C=O) groups is 1. The first-order chi connectivity index (χ1) is 11.0. The van der Waals surface area contributed by atoms with Crippen molar-refractivity contribution in [2.24, 2.45) is 0 Å². The summed E-state index contributed by atoms with van der Waals surface area (Å²) < 4.78 is 10.2. The first kappa shape index (κ1) is 17.0. The molecule has 0 unspecified atom stereocenters. The molecule has 0 aromatic heterocycles. The molecule has 0 N–H and O–H groups in total. The van der Waals surface area contributed by atoms with E-state index >= 15 is 0 Å². The van der Waals surface area contributed by atoms with Gasteiger partial charge in [0.15, 0.2) is 11.5 Å². The van der Waals surface area contributed by atoms with E-state index in [0.717, 1.165) is 13.1 Å². The van der Waals surface area contributed by atoms with Crippen LogP contribution in [0, 0.1) is 10.1 Å². The largest absolute Gasteiger partial charge is 0.493 e. The third kappa shape index (κ3) is 3.68. The molecule has 0 saturated carbocycles. The Balaban J connectivity index is 2.46. The van der Waals surface area contributed by atoms with Crippen LogP contribution in [-0.4, -0.2) is 49.5 Å². The fourth-order valence-corrected chi connectivity index (χ4v) is 2.61. The van der Waals surface area contributed by atoms with E-state index in [9.17, 15) is 14.9 Å². The van der Waals surface area contributed by atoms with E-state index in [0.29, 0.717) is 24.1 Å². The maximum atomic E-state index is 12.1.